The molecule has 0 spiro atoms. The minimum Gasteiger partial charge on any atom is -0.0648 e. The summed E-state index contributed by atoms with van der Waals surface area (Å²) in [5.74, 6) is 8.41. The molecule has 16 heavy (non-hydrogen) atoms. The SMILES string of the molecule is CCC12CC3CCC4C5CC1C(CC5C34)C2. The maximum atomic E-state index is 2.49. The molecule has 0 radical (unpaired) electrons. The maximum Gasteiger partial charge on any atom is -0.0264 e. The van der Waals surface area contributed by atoms with Crippen LogP contribution in [0.25, 0.3) is 0 Å². The summed E-state index contributed by atoms with van der Waals surface area (Å²) in [6.45, 7) is 2.49. The number of hydrogen-bond donors (Lipinski definition) is 0. The molecule has 88 valence electrons. The fraction of sp³-hybridized carbons (Fsp3) is 1.00. The van der Waals surface area contributed by atoms with Crippen LogP contribution < -0.4 is 0 Å². The van der Waals surface area contributed by atoms with E-state index in [4.69, 9.17) is 0 Å². The summed E-state index contributed by atoms with van der Waals surface area (Å²) in [6, 6.07) is 0. The van der Waals surface area contributed by atoms with Crippen LogP contribution in [0.1, 0.15) is 51.9 Å². The van der Waals surface area contributed by atoms with Gasteiger partial charge in [-0.3, -0.25) is 0 Å². The molecular formula is C16H24. The highest BCUT2D eigenvalue weighted by Crippen LogP contribution is 2.76. The van der Waals surface area contributed by atoms with Gasteiger partial charge in [-0.15, -0.1) is 0 Å². The zero-order valence-corrected chi connectivity index (χ0v) is 10.5. The fourth-order valence-electron chi connectivity index (χ4n) is 7.48. The molecule has 0 heterocycles. The van der Waals surface area contributed by atoms with Crippen molar-refractivity contribution in [2.45, 2.75) is 51.9 Å². The van der Waals surface area contributed by atoms with Gasteiger partial charge in [-0.2, -0.15) is 0 Å². The molecule has 7 rings (SSSR count). The van der Waals surface area contributed by atoms with Crippen LogP contribution >= 0.6 is 0 Å². The van der Waals surface area contributed by atoms with Gasteiger partial charge in [-0.1, -0.05) is 13.3 Å². The van der Waals surface area contributed by atoms with E-state index in [-0.39, 0.29) is 0 Å². The van der Waals surface area contributed by atoms with E-state index in [0.717, 1.165) is 5.41 Å². The molecule has 7 aliphatic rings. The van der Waals surface area contributed by atoms with E-state index in [1.807, 2.05) is 0 Å². The largest absolute Gasteiger partial charge is 0.0648 e. The van der Waals surface area contributed by atoms with Crippen molar-refractivity contribution >= 4 is 0 Å². The van der Waals surface area contributed by atoms with Gasteiger partial charge in [0.15, 0.2) is 0 Å². The second-order valence-corrected chi connectivity index (χ2v) is 7.87. The molecule has 8 bridgehead atoms. The molecule has 0 aliphatic heterocycles. The molecule has 7 saturated carbocycles. The Morgan fingerprint density at radius 3 is 2.69 bits per heavy atom. The number of hydrogen-bond acceptors (Lipinski definition) is 0. The molecule has 0 saturated heterocycles. The van der Waals surface area contributed by atoms with Gasteiger partial charge < -0.3 is 0 Å². The monoisotopic (exact) mass is 216 g/mol. The summed E-state index contributed by atoms with van der Waals surface area (Å²) in [7, 11) is 0. The Morgan fingerprint density at radius 1 is 0.938 bits per heavy atom. The van der Waals surface area contributed by atoms with Crippen LogP contribution in [-0.2, 0) is 0 Å². The van der Waals surface area contributed by atoms with Crippen molar-refractivity contribution in [1.82, 2.24) is 0 Å². The first-order valence-electron chi connectivity index (χ1n) is 7.82. The Morgan fingerprint density at radius 2 is 1.81 bits per heavy atom. The van der Waals surface area contributed by atoms with Gasteiger partial charge in [0.1, 0.15) is 0 Å². The Labute approximate surface area is 99.2 Å². The lowest BCUT2D eigenvalue weighted by Gasteiger charge is -2.70. The fourth-order valence-corrected chi connectivity index (χ4v) is 7.48. The van der Waals surface area contributed by atoms with Crippen molar-refractivity contribution < 1.29 is 0 Å². The van der Waals surface area contributed by atoms with Crippen molar-refractivity contribution in [3.8, 4) is 0 Å². The zero-order chi connectivity index (χ0) is 10.5. The molecule has 0 N–H and O–H groups in total. The highest BCUT2D eigenvalue weighted by atomic mass is 14.7. The van der Waals surface area contributed by atoms with Crippen LogP contribution in [-0.4, -0.2) is 0 Å². The van der Waals surface area contributed by atoms with Gasteiger partial charge in [0.05, 0.1) is 0 Å². The summed E-state index contributed by atoms with van der Waals surface area (Å²) in [6.07, 6.45) is 11.3. The summed E-state index contributed by atoms with van der Waals surface area (Å²) in [4.78, 5) is 0. The summed E-state index contributed by atoms with van der Waals surface area (Å²) in [5.41, 5.74) is 0.854. The molecule has 0 aromatic heterocycles. The van der Waals surface area contributed by atoms with Crippen molar-refractivity contribution in [3.63, 3.8) is 0 Å². The lowest BCUT2D eigenvalue weighted by atomic mass is 9.35. The molecule has 7 aliphatic carbocycles. The van der Waals surface area contributed by atoms with Gasteiger partial charge in [0, 0.05) is 0 Å². The minimum atomic E-state index is 0.854. The van der Waals surface area contributed by atoms with E-state index in [1.54, 1.807) is 38.5 Å². The van der Waals surface area contributed by atoms with Gasteiger partial charge >= 0.3 is 0 Å². The van der Waals surface area contributed by atoms with Crippen LogP contribution in [0.15, 0.2) is 0 Å². The van der Waals surface area contributed by atoms with Crippen LogP contribution in [0, 0.1) is 46.8 Å². The van der Waals surface area contributed by atoms with Crippen molar-refractivity contribution in [2.75, 3.05) is 0 Å². The third kappa shape index (κ3) is 0.754. The molecule has 7 fully saturated rings. The van der Waals surface area contributed by atoms with Crippen LogP contribution in [0.5, 0.6) is 0 Å². The Hall–Kier alpha value is 0. The molecule has 0 aromatic rings. The standard InChI is InChI=1S/C16H24/c1-2-16-7-9-3-4-11-12-6-14(16)10(8-16)5-13(12)15(9)11/h9-15H,2-8H2,1H3. The van der Waals surface area contributed by atoms with E-state index in [2.05, 4.69) is 6.92 Å². The zero-order valence-electron chi connectivity index (χ0n) is 10.5. The average molecular weight is 216 g/mol. The first kappa shape index (κ1) is 9.00. The molecular weight excluding hydrogens is 192 g/mol. The normalized spacial score (nSPS) is 69.2. The lowest BCUT2D eigenvalue weighted by Crippen LogP contribution is -2.63. The van der Waals surface area contributed by atoms with E-state index < -0.39 is 0 Å². The first-order chi connectivity index (χ1) is 7.82. The Kier molecular flexibility index (Phi) is 1.43. The third-order valence-electron chi connectivity index (χ3n) is 8.00. The minimum absolute atomic E-state index is 0.854. The maximum absolute atomic E-state index is 2.49. The Bertz CT molecular complexity index is 346. The number of rotatable bonds is 1. The van der Waals surface area contributed by atoms with E-state index in [0.29, 0.717) is 0 Å². The second-order valence-electron chi connectivity index (χ2n) is 7.87. The van der Waals surface area contributed by atoms with E-state index in [9.17, 15) is 0 Å². The van der Waals surface area contributed by atoms with Gasteiger partial charge in [-0.05, 0) is 85.4 Å². The van der Waals surface area contributed by atoms with E-state index >= 15 is 0 Å². The Balaban J connectivity index is 1.61. The first-order valence-corrected chi connectivity index (χ1v) is 7.82. The molecule has 8 atom stereocenters. The average Bonchev–Trinajstić information content (AvgIpc) is 2.56. The quantitative estimate of drug-likeness (QED) is 0.619. The molecule has 0 aromatic carbocycles. The molecule has 0 heteroatoms. The second kappa shape index (κ2) is 2.54. The van der Waals surface area contributed by atoms with Crippen LogP contribution in [0.3, 0.4) is 0 Å². The van der Waals surface area contributed by atoms with Crippen molar-refractivity contribution in [3.05, 3.63) is 0 Å². The van der Waals surface area contributed by atoms with Crippen molar-refractivity contribution in [1.29, 1.82) is 0 Å². The smallest absolute Gasteiger partial charge is 0.0264 e. The summed E-state index contributed by atoms with van der Waals surface area (Å²) >= 11 is 0. The van der Waals surface area contributed by atoms with E-state index in [1.165, 1.54) is 47.8 Å². The molecule has 0 nitrogen and oxygen atoms in total. The van der Waals surface area contributed by atoms with Crippen LogP contribution in [0.4, 0.5) is 0 Å². The van der Waals surface area contributed by atoms with Gasteiger partial charge in [0.25, 0.3) is 0 Å². The lowest BCUT2D eigenvalue weighted by molar-refractivity contribution is -0.211. The predicted molar refractivity (Wildman–Crippen MR) is 64.9 cm³/mol. The highest BCUT2D eigenvalue weighted by molar-refractivity contribution is 5.17. The molecule has 0 amide bonds. The van der Waals surface area contributed by atoms with Gasteiger partial charge in [0.2, 0.25) is 0 Å². The summed E-state index contributed by atoms with van der Waals surface area (Å²) in [5, 5.41) is 0. The predicted octanol–water partition coefficient (Wildman–Crippen LogP) is 4.10. The molecule has 8 unspecified atom stereocenters. The summed E-state index contributed by atoms with van der Waals surface area (Å²) < 4.78 is 0. The highest BCUT2D eigenvalue weighted by Gasteiger charge is 2.68. The van der Waals surface area contributed by atoms with Crippen molar-refractivity contribution in [2.24, 2.45) is 46.8 Å². The third-order valence-corrected chi connectivity index (χ3v) is 8.00. The van der Waals surface area contributed by atoms with Crippen LogP contribution in [0.2, 0.25) is 0 Å². The van der Waals surface area contributed by atoms with Gasteiger partial charge in [-0.25, -0.2) is 0 Å². The topological polar surface area (TPSA) is 0 Å².